The van der Waals surface area contributed by atoms with Gasteiger partial charge in [0.15, 0.2) is 11.3 Å². The average Bonchev–Trinajstić information content (AvgIpc) is 3.08. The van der Waals surface area contributed by atoms with Gasteiger partial charge in [-0.15, -0.1) is 0 Å². The molecular weight excluding hydrogens is 362 g/mol. The van der Waals surface area contributed by atoms with Gasteiger partial charge in [-0.2, -0.15) is 5.10 Å². The van der Waals surface area contributed by atoms with E-state index >= 15 is 0 Å². The van der Waals surface area contributed by atoms with Crippen molar-refractivity contribution in [1.29, 1.82) is 0 Å². The third kappa shape index (κ3) is 3.29. The zero-order valence-electron chi connectivity index (χ0n) is 16.8. The lowest BCUT2D eigenvalue weighted by Crippen LogP contribution is -2.08. The van der Waals surface area contributed by atoms with E-state index in [2.05, 4.69) is 37.9 Å². The zero-order chi connectivity index (χ0) is 20.5. The highest BCUT2D eigenvalue weighted by Crippen LogP contribution is 2.38. The van der Waals surface area contributed by atoms with Crippen molar-refractivity contribution >= 4 is 11.6 Å². The Labute approximate surface area is 169 Å². The molecule has 2 aromatic heterocycles. The molecule has 29 heavy (non-hydrogen) atoms. The van der Waals surface area contributed by atoms with Crippen LogP contribution in [-0.2, 0) is 6.42 Å². The van der Waals surface area contributed by atoms with Gasteiger partial charge in [-0.3, -0.25) is 0 Å². The number of hydrogen-bond donors (Lipinski definition) is 1. The van der Waals surface area contributed by atoms with Gasteiger partial charge in [0.25, 0.3) is 0 Å². The van der Waals surface area contributed by atoms with Gasteiger partial charge in [0.05, 0.1) is 5.56 Å². The fourth-order valence-electron chi connectivity index (χ4n) is 3.86. The first-order valence-electron chi connectivity index (χ1n) is 9.79. The van der Waals surface area contributed by atoms with E-state index in [1.807, 2.05) is 40.9 Å². The van der Waals surface area contributed by atoms with Crippen molar-refractivity contribution in [1.82, 2.24) is 14.6 Å². The highest BCUT2D eigenvalue weighted by Gasteiger charge is 2.23. The second-order valence-electron chi connectivity index (χ2n) is 7.28. The van der Waals surface area contributed by atoms with Crippen LogP contribution in [0.25, 0.3) is 28.0 Å². The Morgan fingerprint density at radius 2 is 1.69 bits per heavy atom. The molecule has 0 fully saturated rings. The Bertz CT molecular complexity index is 1190. The second-order valence-corrected chi connectivity index (χ2v) is 7.28. The van der Waals surface area contributed by atoms with Crippen LogP contribution in [-0.4, -0.2) is 25.7 Å². The van der Waals surface area contributed by atoms with Gasteiger partial charge in [0.1, 0.15) is 5.69 Å². The number of benzene rings is 2. The van der Waals surface area contributed by atoms with Crippen LogP contribution in [0.3, 0.4) is 0 Å². The standard InChI is InChI=1S/C24H23N3O2/c1-4-9-18-14-19(24(28)29)25-23-21(20-15(2)10-8-11-16(20)3)22(26-27(18)23)17-12-6-5-7-13-17/h5-8,10-14H,4,9H2,1-3H3,(H,28,29). The Kier molecular flexibility index (Phi) is 4.89. The molecule has 5 nitrogen and oxygen atoms in total. The smallest absolute Gasteiger partial charge is 0.354 e. The molecule has 0 amide bonds. The molecule has 0 radical (unpaired) electrons. The molecule has 0 saturated carbocycles. The molecule has 146 valence electrons. The second kappa shape index (κ2) is 7.51. The minimum atomic E-state index is -1.03. The van der Waals surface area contributed by atoms with Gasteiger partial charge in [-0.1, -0.05) is 61.9 Å². The van der Waals surface area contributed by atoms with Crippen molar-refractivity contribution in [2.45, 2.75) is 33.6 Å². The van der Waals surface area contributed by atoms with Crippen LogP contribution in [0.2, 0.25) is 0 Å². The summed E-state index contributed by atoms with van der Waals surface area (Å²) >= 11 is 0. The molecule has 0 atom stereocenters. The first-order valence-corrected chi connectivity index (χ1v) is 9.79. The van der Waals surface area contributed by atoms with Gasteiger partial charge in [0, 0.05) is 11.3 Å². The first kappa shape index (κ1) is 18.9. The molecule has 0 unspecified atom stereocenters. The summed E-state index contributed by atoms with van der Waals surface area (Å²) in [7, 11) is 0. The maximum atomic E-state index is 11.8. The number of aryl methyl sites for hydroxylation is 3. The monoisotopic (exact) mass is 385 g/mol. The van der Waals surface area contributed by atoms with E-state index in [0.717, 1.165) is 52.0 Å². The number of carbonyl (C=O) groups is 1. The summed E-state index contributed by atoms with van der Waals surface area (Å²) in [6.07, 6.45) is 1.61. The molecule has 4 aromatic rings. The minimum Gasteiger partial charge on any atom is -0.477 e. The lowest BCUT2D eigenvalue weighted by molar-refractivity contribution is 0.0690. The number of nitrogens with zero attached hydrogens (tertiary/aromatic N) is 3. The Balaban J connectivity index is 2.17. The van der Waals surface area contributed by atoms with Crippen molar-refractivity contribution in [2.75, 3.05) is 0 Å². The summed E-state index contributed by atoms with van der Waals surface area (Å²) < 4.78 is 1.82. The van der Waals surface area contributed by atoms with Crippen LogP contribution < -0.4 is 0 Å². The maximum absolute atomic E-state index is 11.8. The molecule has 0 bridgehead atoms. The van der Waals surface area contributed by atoms with Crippen LogP contribution in [0, 0.1) is 13.8 Å². The largest absolute Gasteiger partial charge is 0.477 e. The lowest BCUT2D eigenvalue weighted by Gasteiger charge is -2.11. The number of aromatic carboxylic acids is 1. The Hall–Kier alpha value is -3.47. The molecule has 1 N–H and O–H groups in total. The summed E-state index contributed by atoms with van der Waals surface area (Å²) in [5.41, 5.74) is 7.44. The number of hydrogen-bond acceptors (Lipinski definition) is 3. The van der Waals surface area contributed by atoms with Crippen molar-refractivity contribution in [3.63, 3.8) is 0 Å². The summed E-state index contributed by atoms with van der Waals surface area (Å²) in [5.74, 6) is -1.03. The number of fused-ring (bicyclic) bond motifs is 1. The Morgan fingerprint density at radius 3 is 2.31 bits per heavy atom. The summed E-state index contributed by atoms with van der Waals surface area (Å²) in [6, 6.07) is 17.8. The molecular formula is C24H23N3O2. The minimum absolute atomic E-state index is 0.0490. The Morgan fingerprint density at radius 1 is 1.00 bits per heavy atom. The molecule has 2 heterocycles. The molecule has 0 aliphatic carbocycles. The lowest BCUT2D eigenvalue weighted by atomic mass is 9.93. The zero-order valence-corrected chi connectivity index (χ0v) is 16.8. The van der Waals surface area contributed by atoms with E-state index < -0.39 is 5.97 Å². The fraction of sp³-hybridized carbons (Fsp3) is 0.208. The topological polar surface area (TPSA) is 67.5 Å². The molecule has 4 rings (SSSR count). The third-order valence-electron chi connectivity index (χ3n) is 5.17. The van der Waals surface area contributed by atoms with Crippen molar-refractivity contribution in [3.8, 4) is 22.4 Å². The van der Waals surface area contributed by atoms with Crippen LogP contribution >= 0.6 is 0 Å². The number of rotatable bonds is 5. The highest BCUT2D eigenvalue weighted by molar-refractivity contribution is 5.94. The summed E-state index contributed by atoms with van der Waals surface area (Å²) in [4.78, 5) is 16.3. The van der Waals surface area contributed by atoms with E-state index in [1.54, 1.807) is 6.07 Å². The van der Waals surface area contributed by atoms with Gasteiger partial charge in [-0.05, 0) is 43.0 Å². The molecule has 2 aromatic carbocycles. The molecule has 5 heteroatoms. The predicted octanol–water partition coefficient (Wildman–Crippen LogP) is 5.33. The molecule has 0 spiro atoms. The molecule has 0 aliphatic rings. The van der Waals surface area contributed by atoms with E-state index in [-0.39, 0.29) is 5.69 Å². The average molecular weight is 385 g/mol. The SMILES string of the molecule is CCCc1cc(C(=O)O)nc2c(-c3c(C)cccc3C)c(-c3ccccc3)nn12. The summed E-state index contributed by atoms with van der Waals surface area (Å²) in [5, 5.41) is 14.6. The van der Waals surface area contributed by atoms with Gasteiger partial charge < -0.3 is 5.11 Å². The van der Waals surface area contributed by atoms with Crippen LogP contribution in [0.1, 0.15) is 40.7 Å². The number of carboxylic acid groups (broad SMARTS) is 1. The van der Waals surface area contributed by atoms with Crippen LogP contribution in [0.5, 0.6) is 0 Å². The number of aromatic nitrogens is 3. The summed E-state index contributed by atoms with van der Waals surface area (Å²) in [6.45, 7) is 6.20. The van der Waals surface area contributed by atoms with Gasteiger partial charge in [0.2, 0.25) is 0 Å². The normalized spacial score (nSPS) is 11.1. The predicted molar refractivity (Wildman–Crippen MR) is 114 cm³/mol. The molecule has 0 saturated heterocycles. The van der Waals surface area contributed by atoms with E-state index in [0.29, 0.717) is 5.65 Å². The van der Waals surface area contributed by atoms with Crippen molar-refractivity contribution in [2.24, 2.45) is 0 Å². The highest BCUT2D eigenvalue weighted by atomic mass is 16.4. The third-order valence-corrected chi connectivity index (χ3v) is 5.17. The van der Waals surface area contributed by atoms with Gasteiger partial charge >= 0.3 is 5.97 Å². The number of carboxylic acids is 1. The fourth-order valence-corrected chi connectivity index (χ4v) is 3.86. The van der Waals surface area contributed by atoms with Gasteiger partial charge in [-0.25, -0.2) is 14.3 Å². The van der Waals surface area contributed by atoms with Crippen molar-refractivity contribution in [3.05, 3.63) is 77.1 Å². The van der Waals surface area contributed by atoms with Crippen LogP contribution in [0.4, 0.5) is 0 Å². The maximum Gasteiger partial charge on any atom is 0.354 e. The van der Waals surface area contributed by atoms with E-state index in [4.69, 9.17) is 5.10 Å². The quantitative estimate of drug-likeness (QED) is 0.504. The van der Waals surface area contributed by atoms with E-state index in [9.17, 15) is 9.90 Å². The molecule has 0 aliphatic heterocycles. The first-order chi connectivity index (χ1) is 14.0. The van der Waals surface area contributed by atoms with Crippen molar-refractivity contribution < 1.29 is 9.90 Å². The van der Waals surface area contributed by atoms with E-state index in [1.165, 1.54) is 0 Å². The van der Waals surface area contributed by atoms with Crippen LogP contribution in [0.15, 0.2) is 54.6 Å².